The summed E-state index contributed by atoms with van der Waals surface area (Å²) in [6.07, 6.45) is 2.21. The zero-order valence-corrected chi connectivity index (χ0v) is 9.32. The lowest BCUT2D eigenvalue weighted by molar-refractivity contribution is 0.0600. The fourth-order valence-electron chi connectivity index (χ4n) is 2.07. The van der Waals surface area contributed by atoms with Gasteiger partial charge in [0.2, 0.25) is 0 Å². The van der Waals surface area contributed by atoms with Gasteiger partial charge >= 0.3 is 5.97 Å². The van der Waals surface area contributed by atoms with Crippen LogP contribution in [0.4, 0.5) is 5.69 Å². The molecule has 1 heterocycles. The first-order valence-electron chi connectivity index (χ1n) is 5.43. The van der Waals surface area contributed by atoms with Gasteiger partial charge in [0, 0.05) is 11.7 Å². The Morgan fingerprint density at radius 1 is 1.56 bits per heavy atom. The van der Waals surface area contributed by atoms with Crippen molar-refractivity contribution >= 4 is 11.7 Å². The Balaban J connectivity index is 2.32. The normalized spacial score (nSPS) is 19.7. The topological polar surface area (TPSA) is 64.3 Å². The molecule has 0 unspecified atom stereocenters. The standard InChI is InChI=1S/C12H16N2O2/c1-16-12(15)8-4-5-10(13)9(7-8)11-3-2-6-14-11/h4-5,7,11,14H,2-3,6,13H2,1H3/t11-/m1/s1. The van der Waals surface area contributed by atoms with E-state index >= 15 is 0 Å². The van der Waals surface area contributed by atoms with Crippen molar-refractivity contribution in [3.05, 3.63) is 29.3 Å². The third-order valence-electron chi connectivity index (χ3n) is 2.94. The van der Waals surface area contributed by atoms with Gasteiger partial charge in [0.1, 0.15) is 0 Å². The van der Waals surface area contributed by atoms with Crippen molar-refractivity contribution in [1.29, 1.82) is 0 Å². The summed E-state index contributed by atoms with van der Waals surface area (Å²) < 4.78 is 4.69. The van der Waals surface area contributed by atoms with Crippen LogP contribution < -0.4 is 11.1 Å². The highest BCUT2D eigenvalue weighted by Crippen LogP contribution is 2.28. The first kappa shape index (κ1) is 11.0. The van der Waals surface area contributed by atoms with Crippen molar-refractivity contribution in [3.63, 3.8) is 0 Å². The largest absolute Gasteiger partial charge is 0.465 e. The van der Waals surface area contributed by atoms with Gasteiger partial charge in [0.05, 0.1) is 12.7 Å². The van der Waals surface area contributed by atoms with Crippen LogP contribution in [0.5, 0.6) is 0 Å². The van der Waals surface area contributed by atoms with E-state index in [2.05, 4.69) is 5.32 Å². The van der Waals surface area contributed by atoms with Crippen molar-refractivity contribution in [2.45, 2.75) is 18.9 Å². The third-order valence-corrected chi connectivity index (χ3v) is 2.94. The number of ether oxygens (including phenoxy) is 1. The van der Waals surface area contributed by atoms with Crippen molar-refractivity contribution in [2.75, 3.05) is 19.4 Å². The smallest absolute Gasteiger partial charge is 0.337 e. The van der Waals surface area contributed by atoms with Gasteiger partial charge in [-0.1, -0.05) is 0 Å². The monoisotopic (exact) mass is 220 g/mol. The molecule has 1 fully saturated rings. The summed E-state index contributed by atoms with van der Waals surface area (Å²) in [7, 11) is 1.38. The number of esters is 1. The lowest BCUT2D eigenvalue weighted by atomic mass is 10.0. The summed E-state index contributed by atoms with van der Waals surface area (Å²) in [6, 6.07) is 5.55. The third kappa shape index (κ3) is 2.02. The molecular formula is C12H16N2O2. The van der Waals surface area contributed by atoms with Crippen LogP contribution in [0.2, 0.25) is 0 Å². The molecule has 1 aromatic rings. The van der Waals surface area contributed by atoms with Gasteiger partial charge in [-0.2, -0.15) is 0 Å². The molecule has 3 N–H and O–H groups in total. The van der Waals surface area contributed by atoms with E-state index in [4.69, 9.17) is 10.5 Å². The van der Waals surface area contributed by atoms with Gasteiger partial charge in [-0.05, 0) is 43.1 Å². The minimum atomic E-state index is -0.320. The molecule has 1 atom stereocenters. The Morgan fingerprint density at radius 2 is 2.38 bits per heavy atom. The van der Waals surface area contributed by atoms with Gasteiger partial charge in [-0.15, -0.1) is 0 Å². The Morgan fingerprint density at radius 3 is 3.00 bits per heavy atom. The maximum atomic E-state index is 11.4. The molecule has 0 saturated carbocycles. The summed E-state index contributed by atoms with van der Waals surface area (Å²) in [5.74, 6) is -0.320. The van der Waals surface area contributed by atoms with E-state index < -0.39 is 0 Å². The molecule has 16 heavy (non-hydrogen) atoms. The van der Waals surface area contributed by atoms with Crippen LogP contribution in [0.1, 0.15) is 34.8 Å². The summed E-state index contributed by atoms with van der Waals surface area (Å²) in [5, 5.41) is 3.37. The molecule has 1 aliphatic heterocycles. The minimum Gasteiger partial charge on any atom is -0.465 e. The van der Waals surface area contributed by atoms with Crippen LogP contribution in [0.15, 0.2) is 18.2 Å². The van der Waals surface area contributed by atoms with Crippen molar-refractivity contribution < 1.29 is 9.53 Å². The number of carbonyl (C=O) groups excluding carboxylic acids is 1. The van der Waals surface area contributed by atoms with Crippen LogP contribution in [0, 0.1) is 0 Å². The second kappa shape index (κ2) is 4.53. The van der Waals surface area contributed by atoms with Crippen LogP contribution in [-0.4, -0.2) is 19.6 Å². The number of nitrogen functional groups attached to an aromatic ring is 1. The molecule has 0 radical (unpaired) electrons. The number of nitrogens with one attached hydrogen (secondary N) is 1. The Bertz CT molecular complexity index is 398. The maximum absolute atomic E-state index is 11.4. The number of hydrogen-bond donors (Lipinski definition) is 2. The number of hydrogen-bond acceptors (Lipinski definition) is 4. The number of rotatable bonds is 2. The predicted molar refractivity (Wildman–Crippen MR) is 62.2 cm³/mol. The predicted octanol–water partition coefficient (Wildman–Crippen LogP) is 1.48. The van der Waals surface area contributed by atoms with E-state index in [0.29, 0.717) is 5.56 Å². The van der Waals surface area contributed by atoms with Gasteiger partial charge in [0.15, 0.2) is 0 Å². The zero-order chi connectivity index (χ0) is 11.5. The molecule has 86 valence electrons. The summed E-state index contributed by atoms with van der Waals surface area (Å²) in [5.41, 5.74) is 8.20. The molecular weight excluding hydrogens is 204 g/mol. The maximum Gasteiger partial charge on any atom is 0.337 e. The molecule has 0 amide bonds. The molecule has 2 rings (SSSR count). The fourth-order valence-corrected chi connectivity index (χ4v) is 2.07. The molecule has 0 bridgehead atoms. The molecule has 0 aliphatic carbocycles. The lowest BCUT2D eigenvalue weighted by Gasteiger charge is -2.14. The van der Waals surface area contributed by atoms with Crippen LogP contribution in [-0.2, 0) is 4.74 Å². The van der Waals surface area contributed by atoms with Gasteiger partial charge < -0.3 is 15.8 Å². The SMILES string of the molecule is COC(=O)c1ccc(N)c([C@H]2CCCN2)c1. The highest BCUT2D eigenvalue weighted by atomic mass is 16.5. The molecule has 0 aromatic heterocycles. The minimum absolute atomic E-state index is 0.268. The average Bonchev–Trinajstić information content (AvgIpc) is 2.82. The lowest BCUT2D eigenvalue weighted by Crippen LogP contribution is -2.15. The number of carbonyl (C=O) groups is 1. The Hall–Kier alpha value is -1.55. The van der Waals surface area contributed by atoms with E-state index in [1.165, 1.54) is 7.11 Å². The average molecular weight is 220 g/mol. The number of benzene rings is 1. The summed E-state index contributed by atoms with van der Waals surface area (Å²) >= 11 is 0. The van der Waals surface area contributed by atoms with E-state index in [9.17, 15) is 4.79 Å². The molecule has 4 nitrogen and oxygen atoms in total. The molecule has 1 aromatic carbocycles. The van der Waals surface area contributed by atoms with Crippen molar-refractivity contribution in [1.82, 2.24) is 5.32 Å². The number of nitrogens with two attached hydrogens (primary N) is 1. The molecule has 4 heteroatoms. The van der Waals surface area contributed by atoms with Gasteiger partial charge in [-0.3, -0.25) is 0 Å². The second-order valence-corrected chi connectivity index (χ2v) is 3.98. The zero-order valence-electron chi connectivity index (χ0n) is 9.32. The number of methoxy groups -OCH3 is 1. The quantitative estimate of drug-likeness (QED) is 0.585. The molecule has 0 spiro atoms. The number of anilines is 1. The van der Waals surface area contributed by atoms with Crippen LogP contribution >= 0.6 is 0 Å². The van der Waals surface area contributed by atoms with E-state index in [-0.39, 0.29) is 12.0 Å². The first-order valence-corrected chi connectivity index (χ1v) is 5.43. The highest BCUT2D eigenvalue weighted by Gasteiger charge is 2.19. The molecule has 1 aliphatic rings. The van der Waals surface area contributed by atoms with Crippen molar-refractivity contribution in [2.24, 2.45) is 0 Å². The van der Waals surface area contributed by atoms with E-state index in [0.717, 1.165) is 30.6 Å². The van der Waals surface area contributed by atoms with Gasteiger partial charge in [-0.25, -0.2) is 4.79 Å². The summed E-state index contributed by atoms with van der Waals surface area (Å²) in [6.45, 7) is 1.01. The van der Waals surface area contributed by atoms with E-state index in [1.807, 2.05) is 6.07 Å². The van der Waals surface area contributed by atoms with Crippen molar-refractivity contribution in [3.8, 4) is 0 Å². The Labute approximate surface area is 94.8 Å². The second-order valence-electron chi connectivity index (χ2n) is 3.98. The fraction of sp³-hybridized carbons (Fsp3) is 0.417. The van der Waals surface area contributed by atoms with Gasteiger partial charge in [0.25, 0.3) is 0 Å². The first-order chi connectivity index (χ1) is 7.72. The summed E-state index contributed by atoms with van der Waals surface area (Å²) in [4.78, 5) is 11.4. The highest BCUT2D eigenvalue weighted by molar-refractivity contribution is 5.90. The van der Waals surface area contributed by atoms with E-state index in [1.54, 1.807) is 12.1 Å². The Kier molecular flexibility index (Phi) is 3.10. The molecule has 1 saturated heterocycles. The van der Waals surface area contributed by atoms with Crippen LogP contribution in [0.25, 0.3) is 0 Å². The van der Waals surface area contributed by atoms with Crippen LogP contribution in [0.3, 0.4) is 0 Å².